The molecule has 0 fully saturated rings. The van der Waals surface area contributed by atoms with Crippen molar-refractivity contribution in [3.8, 4) is 28.5 Å². The number of fused-ring (bicyclic) bond motifs is 1. The first-order valence-corrected chi connectivity index (χ1v) is 8.87. The number of benzene rings is 2. The third-order valence-electron chi connectivity index (χ3n) is 4.52. The molecule has 1 unspecified atom stereocenters. The lowest BCUT2D eigenvalue weighted by atomic mass is 10.1. The van der Waals surface area contributed by atoms with E-state index in [1.807, 2.05) is 48.5 Å². The van der Waals surface area contributed by atoms with Crippen LogP contribution in [0.2, 0.25) is 0 Å². The Morgan fingerprint density at radius 3 is 2.54 bits per heavy atom. The van der Waals surface area contributed by atoms with Crippen LogP contribution in [0, 0.1) is 0 Å². The topological polar surface area (TPSA) is 71.8 Å². The molecule has 0 radical (unpaired) electrons. The molecule has 4 rings (SSSR count). The van der Waals surface area contributed by atoms with Gasteiger partial charge in [-0.1, -0.05) is 12.1 Å². The van der Waals surface area contributed by atoms with Gasteiger partial charge in [0.25, 0.3) is 0 Å². The molecule has 0 aliphatic carbocycles. The number of esters is 1. The van der Waals surface area contributed by atoms with Gasteiger partial charge in [0.1, 0.15) is 18.1 Å². The average molecular weight is 380 g/mol. The van der Waals surface area contributed by atoms with Crippen molar-refractivity contribution in [2.45, 2.75) is 12.6 Å². The number of nitrogens with zero attached hydrogens (tertiary/aromatic N) is 2. The highest BCUT2D eigenvalue weighted by atomic mass is 16.6. The minimum atomic E-state index is -0.437. The summed E-state index contributed by atoms with van der Waals surface area (Å²) in [5.41, 5.74) is 2.04. The highest BCUT2D eigenvalue weighted by molar-refractivity contribution is 5.89. The summed E-state index contributed by atoms with van der Waals surface area (Å²) in [5, 5.41) is 4.56. The zero-order valence-electron chi connectivity index (χ0n) is 15.6. The standard InChI is InChI=1S/C21H20N2O5/c1-25-15-9-7-14(8-10-15)17-11-18-21(24)28-16(12-23(18)22-17)13-27-20-6-4-3-5-19(20)26-2/h3-11,16H,12-13H2,1-2H3. The maximum Gasteiger partial charge on any atom is 0.357 e. The molecule has 1 aliphatic rings. The summed E-state index contributed by atoms with van der Waals surface area (Å²) in [4.78, 5) is 12.4. The molecule has 0 spiro atoms. The van der Waals surface area contributed by atoms with Gasteiger partial charge in [-0.25, -0.2) is 4.79 Å². The second-order valence-electron chi connectivity index (χ2n) is 6.31. The maximum absolute atomic E-state index is 12.4. The van der Waals surface area contributed by atoms with Crippen LogP contribution >= 0.6 is 0 Å². The van der Waals surface area contributed by atoms with Gasteiger partial charge < -0.3 is 18.9 Å². The number of methoxy groups -OCH3 is 2. The van der Waals surface area contributed by atoms with E-state index in [2.05, 4.69) is 5.10 Å². The Kier molecular flexibility index (Phi) is 4.89. The van der Waals surface area contributed by atoms with Crippen molar-refractivity contribution in [1.29, 1.82) is 0 Å². The average Bonchev–Trinajstić information content (AvgIpc) is 3.17. The summed E-state index contributed by atoms with van der Waals surface area (Å²) < 4.78 is 23.4. The molecule has 1 aliphatic heterocycles. The van der Waals surface area contributed by atoms with Crippen molar-refractivity contribution >= 4 is 5.97 Å². The van der Waals surface area contributed by atoms with Crippen LogP contribution in [0.5, 0.6) is 17.2 Å². The smallest absolute Gasteiger partial charge is 0.357 e. The van der Waals surface area contributed by atoms with Crippen molar-refractivity contribution < 1.29 is 23.7 Å². The van der Waals surface area contributed by atoms with Crippen LogP contribution in [0.4, 0.5) is 0 Å². The number of carbonyl (C=O) groups excluding carboxylic acids is 1. The first-order chi connectivity index (χ1) is 13.7. The van der Waals surface area contributed by atoms with Gasteiger partial charge in [-0.3, -0.25) is 4.68 Å². The molecule has 2 aromatic carbocycles. The highest BCUT2D eigenvalue weighted by Gasteiger charge is 2.29. The molecule has 28 heavy (non-hydrogen) atoms. The van der Waals surface area contributed by atoms with E-state index in [0.717, 1.165) is 11.3 Å². The highest BCUT2D eigenvalue weighted by Crippen LogP contribution is 2.28. The fraction of sp³-hybridized carbons (Fsp3) is 0.238. The number of ether oxygens (including phenoxy) is 4. The van der Waals surface area contributed by atoms with E-state index in [-0.39, 0.29) is 6.61 Å². The van der Waals surface area contributed by atoms with E-state index in [4.69, 9.17) is 18.9 Å². The largest absolute Gasteiger partial charge is 0.497 e. The van der Waals surface area contributed by atoms with Crippen molar-refractivity contribution in [3.63, 3.8) is 0 Å². The van der Waals surface area contributed by atoms with Crippen molar-refractivity contribution in [3.05, 3.63) is 60.3 Å². The van der Waals surface area contributed by atoms with Crippen molar-refractivity contribution in [2.75, 3.05) is 20.8 Å². The first kappa shape index (κ1) is 17.9. The molecule has 1 aromatic heterocycles. The van der Waals surface area contributed by atoms with Gasteiger partial charge in [-0.05, 0) is 42.5 Å². The molecule has 144 valence electrons. The Bertz CT molecular complexity index is 981. The second-order valence-corrected chi connectivity index (χ2v) is 6.31. The van der Waals surface area contributed by atoms with Gasteiger partial charge >= 0.3 is 5.97 Å². The normalized spacial score (nSPS) is 15.5. The van der Waals surface area contributed by atoms with Crippen LogP contribution < -0.4 is 14.2 Å². The molecular weight excluding hydrogens is 360 g/mol. The molecule has 7 nitrogen and oxygen atoms in total. The summed E-state index contributed by atoms with van der Waals surface area (Å²) in [6, 6.07) is 16.6. The van der Waals surface area contributed by atoms with Crippen molar-refractivity contribution in [2.24, 2.45) is 0 Å². The monoisotopic (exact) mass is 380 g/mol. The summed E-state index contributed by atoms with van der Waals surface area (Å²) in [5.74, 6) is 1.59. The van der Waals surface area contributed by atoms with Gasteiger partial charge in [-0.2, -0.15) is 5.10 Å². The molecule has 1 atom stereocenters. The maximum atomic E-state index is 12.4. The fourth-order valence-electron chi connectivity index (χ4n) is 3.07. The molecule has 0 saturated heterocycles. The van der Waals surface area contributed by atoms with Gasteiger partial charge in [0.15, 0.2) is 17.6 Å². The number of para-hydroxylation sites is 2. The van der Waals surface area contributed by atoms with Gasteiger partial charge in [0, 0.05) is 5.56 Å². The Balaban J connectivity index is 1.48. The number of cyclic esters (lactones) is 1. The molecular formula is C21H20N2O5. The Morgan fingerprint density at radius 2 is 1.82 bits per heavy atom. The van der Waals surface area contributed by atoms with Crippen LogP contribution in [-0.2, 0) is 11.3 Å². The first-order valence-electron chi connectivity index (χ1n) is 8.87. The quantitative estimate of drug-likeness (QED) is 0.612. The van der Waals surface area contributed by atoms with Crippen LogP contribution in [0.25, 0.3) is 11.3 Å². The zero-order chi connectivity index (χ0) is 19.5. The fourth-order valence-corrected chi connectivity index (χ4v) is 3.07. The molecule has 0 amide bonds. The van der Waals surface area contributed by atoms with Crippen LogP contribution in [-0.4, -0.2) is 42.7 Å². The molecule has 0 bridgehead atoms. The summed E-state index contributed by atoms with van der Waals surface area (Å²) in [6.07, 6.45) is -0.437. The van der Waals surface area contributed by atoms with E-state index in [1.54, 1.807) is 25.0 Å². The van der Waals surface area contributed by atoms with E-state index in [1.165, 1.54) is 0 Å². The summed E-state index contributed by atoms with van der Waals surface area (Å²) in [7, 11) is 3.20. The second kappa shape index (κ2) is 7.64. The predicted octanol–water partition coefficient (Wildman–Crippen LogP) is 3.19. The minimum absolute atomic E-state index is 0.212. The van der Waals surface area contributed by atoms with Crippen LogP contribution in [0.1, 0.15) is 10.5 Å². The van der Waals surface area contributed by atoms with Gasteiger partial charge in [0.05, 0.1) is 26.5 Å². The number of rotatable bonds is 6. The Hall–Kier alpha value is -3.48. The van der Waals surface area contributed by atoms with Gasteiger partial charge in [-0.15, -0.1) is 0 Å². The van der Waals surface area contributed by atoms with Crippen molar-refractivity contribution in [1.82, 2.24) is 9.78 Å². The van der Waals surface area contributed by atoms with E-state index < -0.39 is 12.1 Å². The zero-order valence-corrected chi connectivity index (χ0v) is 15.6. The summed E-state index contributed by atoms with van der Waals surface area (Å²) >= 11 is 0. The lowest BCUT2D eigenvalue weighted by Crippen LogP contribution is -2.36. The Labute approximate surface area is 162 Å². The van der Waals surface area contributed by atoms with Crippen LogP contribution in [0.3, 0.4) is 0 Å². The lowest BCUT2D eigenvalue weighted by Gasteiger charge is -2.23. The van der Waals surface area contributed by atoms with Gasteiger partial charge in [0.2, 0.25) is 0 Å². The Morgan fingerprint density at radius 1 is 1.07 bits per heavy atom. The number of hydrogen-bond acceptors (Lipinski definition) is 6. The molecule has 2 heterocycles. The summed E-state index contributed by atoms with van der Waals surface area (Å²) in [6.45, 7) is 0.635. The number of hydrogen-bond donors (Lipinski definition) is 0. The van der Waals surface area contributed by atoms with Crippen LogP contribution in [0.15, 0.2) is 54.6 Å². The predicted molar refractivity (Wildman–Crippen MR) is 102 cm³/mol. The third kappa shape index (κ3) is 3.51. The molecule has 3 aromatic rings. The minimum Gasteiger partial charge on any atom is -0.497 e. The van der Waals surface area contributed by atoms with E-state index in [0.29, 0.717) is 29.4 Å². The third-order valence-corrected chi connectivity index (χ3v) is 4.52. The molecule has 0 saturated carbocycles. The van der Waals surface area contributed by atoms with E-state index in [9.17, 15) is 4.79 Å². The SMILES string of the molecule is COc1ccc(-c2cc3n(n2)CC(COc2ccccc2OC)OC3=O)cc1. The molecule has 0 N–H and O–H groups in total. The van der Waals surface area contributed by atoms with E-state index >= 15 is 0 Å². The number of aromatic nitrogens is 2. The number of carbonyl (C=O) groups is 1. The molecule has 7 heteroatoms. The lowest BCUT2D eigenvalue weighted by molar-refractivity contribution is 0.000102.